The van der Waals surface area contributed by atoms with Gasteiger partial charge in [0.1, 0.15) is 12.0 Å². The van der Waals surface area contributed by atoms with E-state index < -0.39 is 12.1 Å². The van der Waals surface area contributed by atoms with Gasteiger partial charge in [0.15, 0.2) is 5.78 Å². The number of hydrogen-bond donors (Lipinski definition) is 2. The van der Waals surface area contributed by atoms with Crippen molar-refractivity contribution in [3.8, 4) is 11.3 Å². The molecule has 0 radical (unpaired) electrons. The van der Waals surface area contributed by atoms with Gasteiger partial charge in [-0.3, -0.25) is 9.59 Å². The SMILES string of the molecule is O=C1CCCc2[nH]c(-c3ccnc(NC(=O)C4C[C@H]4F)c3)c(Cc3ccccc3)c21. The van der Waals surface area contributed by atoms with E-state index in [9.17, 15) is 14.0 Å². The third-order valence-corrected chi connectivity index (χ3v) is 5.86. The van der Waals surface area contributed by atoms with Gasteiger partial charge in [0.05, 0.1) is 11.6 Å². The molecule has 0 bridgehead atoms. The molecule has 2 aliphatic rings. The number of ketones is 1. The van der Waals surface area contributed by atoms with Crippen molar-refractivity contribution in [2.24, 2.45) is 5.92 Å². The fourth-order valence-electron chi connectivity index (χ4n) is 4.20. The minimum absolute atomic E-state index is 0.176. The number of nitrogens with zero attached hydrogens (tertiary/aromatic N) is 1. The molecule has 0 spiro atoms. The zero-order chi connectivity index (χ0) is 20.7. The minimum Gasteiger partial charge on any atom is -0.358 e. The summed E-state index contributed by atoms with van der Waals surface area (Å²) in [5, 5.41) is 2.71. The Kier molecular flexibility index (Phi) is 4.69. The molecule has 2 aliphatic carbocycles. The van der Waals surface area contributed by atoms with Crippen LogP contribution in [0.4, 0.5) is 10.2 Å². The van der Waals surface area contributed by atoms with E-state index in [1.54, 1.807) is 12.3 Å². The van der Waals surface area contributed by atoms with Crippen molar-refractivity contribution >= 4 is 17.5 Å². The normalized spacial score (nSPS) is 20.0. The number of anilines is 1. The van der Waals surface area contributed by atoms with E-state index in [0.717, 1.165) is 46.5 Å². The van der Waals surface area contributed by atoms with Crippen molar-refractivity contribution in [3.63, 3.8) is 0 Å². The van der Waals surface area contributed by atoms with Gasteiger partial charge in [0.25, 0.3) is 0 Å². The number of carbonyl (C=O) groups excluding carboxylic acids is 2. The van der Waals surface area contributed by atoms with Crippen LogP contribution < -0.4 is 5.32 Å². The van der Waals surface area contributed by atoms with E-state index >= 15 is 0 Å². The molecule has 0 saturated heterocycles. The van der Waals surface area contributed by atoms with Crippen molar-refractivity contribution < 1.29 is 14.0 Å². The first-order chi connectivity index (χ1) is 14.6. The van der Waals surface area contributed by atoms with Crippen molar-refractivity contribution in [3.05, 3.63) is 71.0 Å². The Balaban J connectivity index is 1.53. The fraction of sp³-hybridized carbons (Fsp3) is 0.292. The van der Waals surface area contributed by atoms with Crippen LogP contribution in [0.25, 0.3) is 11.3 Å². The Morgan fingerprint density at radius 1 is 1.20 bits per heavy atom. The molecule has 1 amide bonds. The lowest BCUT2D eigenvalue weighted by Crippen LogP contribution is -2.15. The lowest BCUT2D eigenvalue weighted by molar-refractivity contribution is -0.117. The van der Waals surface area contributed by atoms with E-state index in [1.807, 2.05) is 24.3 Å². The number of fused-ring (bicyclic) bond motifs is 1. The summed E-state index contributed by atoms with van der Waals surface area (Å²) < 4.78 is 13.2. The van der Waals surface area contributed by atoms with Crippen LogP contribution in [0.1, 0.15) is 46.4 Å². The highest BCUT2D eigenvalue weighted by molar-refractivity contribution is 6.02. The number of carbonyl (C=O) groups is 2. The Labute approximate surface area is 173 Å². The van der Waals surface area contributed by atoms with Gasteiger partial charge < -0.3 is 10.3 Å². The molecule has 1 unspecified atom stereocenters. The quantitative estimate of drug-likeness (QED) is 0.659. The smallest absolute Gasteiger partial charge is 0.231 e. The molecule has 1 aromatic carbocycles. The van der Waals surface area contributed by atoms with Crippen LogP contribution in [-0.2, 0) is 17.6 Å². The predicted octanol–water partition coefficient (Wildman–Crippen LogP) is 4.48. The number of aromatic amines is 1. The summed E-state index contributed by atoms with van der Waals surface area (Å²) in [6.45, 7) is 0. The summed E-state index contributed by atoms with van der Waals surface area (Å²) in [5.41, 5.74) is 5.63. The average Bonchev–Trinajstić information content (AvgIpc) is 3.37. The molecule has 2 heterocycles. The van der Waals surface area contributed by atoms with Crippen molar-refractivity contribution in [1.82, 2.24) is 9.97 Å². The lowest BCUT2D eigenvalue weighted by Gasteiger charge is -2.12. The van der Waals surface area contributed by atoms with E-state index in [-0.39, 0.29) is 18.1 Å². The van der Waals surface area contributed by atoms with Crippen LogP contribution >= 0.6 is 0 Å². The van der Waals surface area contributed by atoms with Gasteiger partial charge in [-0.25, -0.2) is 9.37 Å². The second-order valence-corrected chi connectivity index (χ2v) is 8.05. The molecule has 0 aliphatic heterocycles. The van der Waals surface area contributed by atoms with Gasteiger partial charge in [-0.1, -0.05) is 30.3 Å². The number of pyridine rings is 1. The number of aromatic nitrogens is 2. The van der Waals surface area contributed by atoms with E-state index in [2.05, 4.69) is 27.4 Å². The Hall–Kier alpha value is -3.28. The summed E-state index contributed by atoms with van der Waals surface area (Å²) in [7, 11) is 0. The Morgan fingerprint density at radius 2 is 2.00 bits per heavy atom. The molecule has 152 valence electrons. The molecule has 2 aromatic heterocycles. The number of benzene rings is 1. The van der Waals surface area contributed by atoms with Crippen LogP contribution in [0.5, 0.6) is 0 Å². The lowest BCUT2D eigenvalue weighted by atomic mass is 9.90. The van der Waals surface area contributed by atoms with Gasteiger partial charge in [-0.05, 0) is 42.5 Å². The molecule has 30 heavy (non-hydrogen) atoms. The predicted molar refractivity (Wildman–Crippen MR) is 112 cm³/mol. The number of aryl methyl sites for hydroxylation is 1. The summed E-state index contributed by atoms with van der Waals surface area (Å²) in [6.07, 6.45) is 3.75. The molecule has 2 atom stereocenters. The number of alkyl halides is 1. The summed E-state index contributed by atoms with van der Waals surface area (Å²) in [5.74, 6) is -0.340. The largest absolute Gasteiger partial charge is 0.358 e. The third-order valence-electron chi connectivity index (χ3n) is 5.86. The fourth-order valence-corrected chi connectivity index (χ4v) is 4.20. The maximum Gasteiger partial charge on any atom is 0.231 e. The highest BCUT2D eigenvalue weighted by Crippen LogP contribution is 2.36. The van der Waals surface area contributed by atoms with Crippen molar-refractivity contribution in [2.45, 2.75) is 38.3 Å². The molecule has 3 aromatic rings. The summed E-state index contributed by atoms with van der Waals surface area (Å²) in [6, 6.07) is 13.7. The molecule has 2 N–H and O–H groups in total. The monoisotopic (exact) mass is 403 g/mol. The zero-order valence-electron chi connectivity index (χ0n) is 16.5. The number of H-pyrrole nitrogens is 1. The Morgan fingerprint density at radius 3 is 2.77 bits per heavy atom. The van der Waals surface area contributed by atoms with E-state index in [0.29, 0.717) is 18.7 Å². The van der Waals surface area contributed by atoms with Gasteiger partial charge in [-0.15, -0.1) is 0 Å². The standard InChI is InChI=1S/C24H22FN3O2/c25-18-13-16(18)24(30)28-21-12-15(9-10-26-21)23-17(11-14-5-2-1-3-6-14)22-19(27-23)7-4-8-20(22)29/h1-3,5-6,9-10,12,16,18,27H,4,7-8,11,13H2,(H,26,28,30)/t16?,18-/m1/s1. The van der Waals surface area contributed by atoms with Crippen LogP contribution in [0.3, 0.4) is 0 Å². The zero-order valence-corrected chi connectivity index (χ0v) is 16.5. The first-order valence-corrected chi connectivity index (χ1v) is 10.3. The summed E-state index contributed by atoms with van der Waals surface area (Å²) in [4.78, 5) is 32.5. The molecule has 5 rings (SSSR count). The van der Waals surface area contributed by atoms with Gasteiger partial charge in [0.2, 0.25) is 5.91 Å². The Bertz CT molecular complexity index is 1120. The topological polar surface area (TPSA) is 74.8 Å². The minimum atomic E-state index is -1.05. The van der Waals surface area contributed by atoms with Gasteiger partial charge in [-0.2, -0.15) is 0 Å². The molecule has 1 fully saturated rings. The van der Waals surface area contributed by atoms with E-state index in [1.165, 1.54) is 0 Å². The first-order valence-electron chi connectivity index (χ1n) is 10.3. The van der Waals surface area contributed by atoms with E-state index in [4.69, 9.17) is 0 Å². The maximum absolute atomic E-state index is 13.2. The summed E-state index contributed by atoms with van der Waals surface area (Å²) >= 11 is 0. The van der Waals surface area contributed by atoms with Crippen LogP contribution in [0, 0.1) is 5.92 Å². The average molecular weight is 403 g/mol. The van der Waals surface area contributed by atoms with Crippen LogP contribution in [-0.4, -0.2) is 27.8 Å². The first kappa shape index (κ1) is 18.7. The van der Waals surface area contributed by atoms with Crippen LogP contribution in [0.15, 0.2) is 48.7 Å². The number of nitrogens with one attached hydrogen (secondary N) is 2. The van der Waals surface area contributed by atoms with Crippen molar-refractivity contribution in [2.75, 3.05) is 5.32 Å². The molecular formula is C24H22FN3O2. The van der Waals surface area contributed by atoms with Crippen LogP contribution in [0.2, 0.25) is 0 Å². The highest BCUT2D eigenvalue weighted by Gasteiger charge is 2.43. The highest BCUT2D eigenvalue weighted by atomic mass is 19.1. The van der Waals surface area contributed by atoms with Gasteiger partial charge in [0, 0.05) is 35.9 Å². The second-order valence-electron chi connectivity index (χ2n) is 8.05. The third kappa shape index (κ3) is 3.54. The number of hydrogen-bond acceptors (Lipinski definition) is 3. The molecule has 6 heteroatoms. The molecular weight excluding hydrogens is 381 g/mol. The molecule has 5 nitrogen and oxygen atoms in total. The maximum atomic E-state index is 13.2. The van der Waals surface area contributed by atoms with Crippen molar-refractivity contribution in [1.29, 1.82) is 0 Å². The van der Waals surface area contributed by atoms with Gasteiger partial charge >= 0.3 is 0 Å². The second kappa shape index (κ2) is 7.52. The number of amides is 1. The number of Topliss-reactive ketones (excluding diaryl/α,β-unsaturated/α-hetero) is 1. The number of rotatable bonds is 5. The molecule has 1 saturated carbocycles. The number of halogens is 1.